The van der Waals surface area contributed by atoms with Crippen molar-refractivity contribution in [3.05, 3.63) is 35.4 Å². The summed E-state index contributed by atoms with van der Waals surface area (Å²) < 4.78 is 25.9. The second-order valence-electron chi connectivity index (χ2n) is 4.45. The Hall–Kier alpha value is -0.960. The minimum absolute atomic E-state index is 0.291. The van der Waals surface area contributed by atoms with Crippen molar-refractivity contribution in [2.45, 2.75) is 33.3 Å². The van der Waals surface area contributed by atoms with Gasteiger partial charge in [-0.2, -0.15) is 0 Å². The first-order valence-corrected chi connectivity index (χ1v) is 5.01. The van der Waals surface area contributed by atoms with E-state index in [0.717, 1.165) is 12.5 Å². The molecule has 1 unspecified atom stereocenters. The lowest BCUT2D eigenvalue weighted by Gasteiger charge is -2.29. The molecule has 1 nitrogen and oxygen atoms in total. The van der Waals surface area contributed by atoms with Crippen molar-refractivity contribution in [3.63, 3.8) is 0 Å². The maximum absolute atomic E-state index is 12.9. The fourth-order valence-electron chi connectivity index (χ4n) is 1.38. The molecule has 0 fully saturated rings. The third-order valence-corrected chi connectivity index (χ3v) is 2.85. The molecule has 84 valence electrons. The van der Waals surface area contributed by atoms with Crippen LogP contribution in [0.4, 0.5) is 8.78 Å². The van der Waals surface area contributed by atoms with Gasteiger partial charge in [-0.3, -0.25) is 0 Å². The van der Waals surface area contributed by atoms with E-state index >= 15 is 0 Å². The predicted molar refractivity (Wildman–Crippen MR) is 55.4 cm³/mol. The summed E-state index contributed by atoms with van der Waals surface area (Å²) >= 11 is 0. The molecule has 0 saturated carbocycles. The van der Waals surface area contributed by atoms with E-state index in [2.05, 4.69) is 0 Å². The van der Waals surface area contributed by atoms with Gasteiger partial charge in [0.2, 0.25) is 0 Å². The lowest BCUT2D eigenvalue weighted by atomic mass is 9.80. The summed E-state index contributed by atoms with van der Waals surface area (Å²) in [5, 5.41) is 9.96. The molecule has 1 N–H and O–H groups in total. The summed E-state index contributed by atoms with van der Waals surface area (Å²) in [6, 6.07) is 3.14. The van der Waals surface area contributed by atoms with Crippen molar-refractivity contribution in [1.29, 1.82) is 0 Å². The Bertz CT molecular complexity index is 327. The number of hydrogen-bond acceptors (Lipinski definition) is 1. The zero-order chi connectivity index (χ0) is 11.6. The minimum atomic E-state index is -0.854. The van der Waals surface area contributed by atoms with E-state index in [1.807, 2.05) is 20.8 Å². The van der Waals surface area contributed by atoms with Crippen LogP contribution < -0.4 is 0 Å². The van der Waals surface area contributed by atoms with Crippen LogP contribution >= 0.6 is 0 Å². The fourth-order valence-corrected chi connectivity index (χ4v) is 1.38. The van der Waals surface area contributed by atoms with Gasteiger partial charge in [0.05, 0.1) is 6.10 Å². The van der Waals surface area contributed by atoms with E-state index in [0.29, 0.717) is 5.56 Å². The van der Waals surface area contributed by atoms with E-state index in [1.54, 1.807) is 0 Å². The largest absolute Gasteiger partial charge is 0.388 e. The fraction of sp³-hybridized carbons (Fsp3) is 0.500. The van der Waals surface area contributed by atoms with Crippen LogP contribution in [-0.2, 0) is 0 Å². The molecule has 0 saturated heterocycles. The van der Waals surface area contributed by atoms with E-state index < -0.39 is 17.7 Å². The number of hydrogen-bond donors (Lipinski definition) is 1. The monoisotopic (exact) mass is 214 g/mol. The summed E-state index contributed by atoms with van der Waals surface area (Å²) in [5.41, 5.74) is -0.0976. The lowest BCUT2D eigenvalue weighted by molar-refractivity contribution is 0.0460. The molecule has 0 aliphatic rings. The van der Waals surface area contributed by atoms with Crippen molar-refractivity contribution in [1.82, 2.24) is 0 Å². The van der Waals surface area contributed by atoms with Crippen LogP contribution in [0.15, 0.2) is 18.2 Å². The van der Waals surface area contributed by atoms with Gasteiger partial charge in [0.15, 0.2) is 0 Å². The highest BCUT2D eigenvalue weighted by Crippen LogP contribution is 2.36. The highest BCUT2D eigenvalue weighted by molar-refractivity contribution is 5.21. The average Bonchev–Trinajstić information content (AvgIpc) is 2.15. The molecule has 0 amide bonds. The van der Waals surface area contributed by atoms with Gasteiger partial charge in [-0.05, 0) is 29.5 Å². The number of halogens is 2. The zero-order valence-corrected chi connectivity index (χ0v) is 9.22. The molecule has 0 aliphatic heterocycles. The quantitative estimate of drug-likeness (QED) is 0.817. The van der Waals surface area contributed by atoms with Gasteiger partial charge in [0, 0.05) is 6.07 Å². The SMILES string of the molecule is CCC(C)(C)C(O)c1cc(F)cc(F)c1. The summed E-state index contributed by atoms with van der Waals surface area (Å²) in [7, 11) is 0. The van der Waals surface area contributed by atoms with Crippen LogP contribution in [0.5, 0.6) is 0 Å². The van der Waals surface area contributed by atoms with E-state index in [9.17, 15) is 13.9 Å². The summed E-state index contributed by atoms with van der Waals surface area (Å²) in [5.74, 6) is -1.31. The Labute approximate surface area is 88.7 Å². The molecular weight excluding hydrogens is 198 g/mol. The molecule has 0 aromatic heterocycles. The molecule has 1 rings (SSSR count). The first kappa shape index (κ1) is 12.1. The molecule has 0 heterocycles. The number of aliphatic hydroxyl groups excluding tert-OH is 1. The van der Waals surface area contributed by atoms with Gasteiger partial charge in [0.25, 0.3) is 0 Å². The Balaban J connectivity index is 3.06. The van der Waals surface area contributed by atoms with Crippen LogP contribution in [0.2, 0.25) is 0 Å². The normalized spacial score (nSPS) is 14.0. The van der Waals surface area contributed by atoms with Crippen molar-refractivity contribution in [2.24, 2.45) is 5.41 Å². The summed E-state index contributed by atoms with van der Waals surface area (Å²) in [6.07, 6.45) is -0.126. The third-order valence-electron chi connectivity index (χ3n) is 2.85. The van der Waals surface area contributed by atoms with E-state index in [1.165, 1.54) is 12.1 Å². The van der Waals surface area contributed by atoms with Crippen LogP contribution in [0.25, 0.3) is 0 Å². The summed E-state index contributed by atoms with van der Waals surface area (Å²) in [6.45, 7) is 5.65. The van der Waals surface area contributed by atoms with Gasteiger partial charge in [-0.1, -0.05) is 20.8 Å². The standard InChI is InChI=1S/C12H16F2O/c1-4-12(2,3)11(15)8-5-9(13)7-10(14)6-8/h5-7,11,15H,4H2,1-3H3. The van der Waals surface area contributed by atoms with E-state index in [-0.39, 0.29) is 5.41 Å². The van der Waals surface area contributed by atoms with Gasteiger partial charge >= 0.3 is 0 Å². The smallest absolute Gasteiger partial charge is 0.126 e. The van der Waals surface area contributed by atoms with Crippen molar-refractivity contribution in [2.75, 3.05) is 0 Å². The number of rotatable bonds is 3. The topological polar surface area (TPSA) is 20.2 Å². The Morgan fingerprint density at radius 2 is 1.67 bits per heavy atom. The molecule has 3 heteroatoms. The van der Waals surface area contributed by atoms with Crippen molar-refractivity contribution < 1.29 is 13.9 Å². The third kappa shape index (κ3) is 2.75. The second kappa shape index (κ2) is 4.27. The molecule has 1 aromatic carbocycles. The van der Waals surface area contributed by atoms with Crippen LogP contribution in [0.3, 0.4) is 0 Å². The molecule has 0 radical (unpaired) electrons. The van der Waals surface area contributed by atoms with E-state index in [4.69, 9.17) is 0 Å². The van der Waals surface area contributed by atoms with Gasteiger partial charge in [-0.25, -0.2) is 8.78 Å². The second-order valence-corrected chi connectivity index (χ2v) is 4.45. The molecule has 15 heavy (non-hydrogen) atoms. The first-order chi connectivity index (χ1) is 6.86. The lowest BCUT2D eigenvalue weighted by Crippen LogP contribution is -2.21. The maximum atomic E-state index is 12.9. The first-order valence-electron chi connectivity index (χ1n) is 5.01. The van der Waals surface area contributed by atoms with Crippen LogP contribution in [0.1, 0.15) is 38.9 Å². The highest BCUT2D eigenvalue weighted by Gasteiger charge is 2.27. The Morgan fingerprint density at radius 3 is 2.07 bits per heavy atom. The molecule has 0 spiro atoms. The maximum Gasteiger partial charge on any atom is 0.126 e. The molecule has 0 aliphatic carbocycles. The summed E-state index contributed by atoms with van der Waals surface area (Å²) in [4.78, 5) is 0. The highest BCUT2D eigenvalue weighted by atomic mass is 19.1. The van der Waals surface area contributed by atoms with Gasteiger partial charge in [-0.15, -0.1) is 0 Å². The average molecular weight is 214 g/mol. The molecular formula is C12H16F2O. The minimum Gasteiger partial charge on any atom is -0.388 e. The molecule has 1 atom stereocenters. The Morgan fingerprint density at radius 1 is 1.20 bits per heavy atom. The van der Waals surface area contributed by atoms with Crippen LogP contribution in [0, 0.1) is 17.0 Å². The van der Waals surface area contributed by atoms with Crippen molar-refractivity contribution >= 4 is 0 Å². The number of aliphatic hydroxyl groups is 1. The zero-order valence-electron chi connectivity index (χ0n) is 9.22. The predicted octanol–water partition coefficient (Wildman–Crippen LogP) is 3.43. The van der Waals surface area contributed by atoms with Gasteiger partial charge < -0.3 is 5.11 Å². The van der Waals surface area contributed by atoms with Crippen molar-refractivity contribution in [3.8, 4) is 0 Å². The molecule has 1 aromatic rings. The van der Waals surface area contributed by atoms with Crippen LogP contribution in [-0.4, -0.2) is 5.11 Å². The molecule has 0 bridgehead atoms. The number of benzene rings is 1. The van der Waals surface area contributed by atoms with Gasteiger partial charge in [0.1, 0.15) is 11.6 Å². The Kier molecular flexibility index (Phi) is 3.45.